The SMILES string of the molecule is COC(=O)COc1ccc(/C=C(/C#N)C(=O)N(C)C)cc1I. The van der Waals surface area contributed by atoms with Gasteiger partial charge in [0, 0.05) is 14.1 Å². The second kappa shape index (κ2) is 8.38. The van der Waals surface area contributed by atoms with Crippen molar-refractivity contribution < 1.29 is 19.1 Å². The predicted molar refractivity (Wildman–Crippen MR) is 89.0 cm³/mol. The molecule has 1 aromatic rings. The van der Waals surface area contributed by atoms with E-state index in [-0.39, 0.29) is 18.1 Å². The lowest BCUT2D eigenvalue weighted by molar-refractivity contribution is -0.142. The molecule has 0 saturated heterocycles. The third kappa shape index (κ3) is 5.04. The first-order valence-electron chi connectivity index (χ1n) is 6.21. The number of methoxy groups -OCH3 is 1. The number of carbonyl (C=O) groups is 2. The van der Waals surface area contributed by atoms with Crippen LogP contribution in [-0.2, 0) is 14.3 Å². The number of benzene rings is 1. The molecule has 6 nitrogen and oxygen atoms in total. The zero-order valence-corrected chi connectivity index (χ0v) is 14.6. The quantitative estimate of drug-likeness (QED) is 0.318. The van der Waals surface area contributed by atoms with Gasteiger partial charge in [0.2, 0.25) is 0 Å². The number of amides is 1. The van der Waals surface area contributed by atoms with Crippen molar-refractivity contribution in [1.29, 1.82) is 5.26 Å². The normalized spacial score (nSPS) is 10.6. The number of hydrogen-bond donors (Lipinski definition) is 0. The van der Waals surface area contributed by atoms with E-state index in [1.54, 1.807) is 32.3 Å². The smallest absolute Gasteiger partial charge is 0.343 e. The summed E-state index contributed by atoms with van der Waals surface area (Å²) in [7, 11) is 4.46. The molecule has 0 aliphatic carbocycles. The lowest BCUT2D eigenvalue weighted by atomic mass is 10.1. The molecule has 1 amide bonds. The average Bonchev–Trinajstić information content (AvgIpc) is 2.50. The van der Waals surface area contributed by atoms with Crippen LogP contribution in [0.5, 0.6) is 5.75 Å². The summed E-state index contributed by atoms with van der Waals surface area (Å²) >= 11 is 2.05. The van der Waals surface area contributed by atoms with Crippen LogP contribution in [0.4, 0.5) is 0 Å². The predicted octanol–water partition coefficient (Wildman–Crippen LogP) is 1.84. The van der Waals surface area contributed by atoms with E-state index in [2.05, 4.69) is 4.74 Å². The molecule has 0 saturated carbocycles. The van der Waals surface area contributed by atoms with Crippen LogP contribution in [0.2, 0.25) is 0 Å². The molecule has 1 aromatic carbocycles. The second-order valence-corrected chi connectivity index (χ2v) is 5.59. The summed E-state index contributed by atoms with van der Waals surface area (Å²) in [6.07, 6.45) is 1.51. The Morgan fingerprint density at radius 1 is 1.41 bits per heavy atom. The van der Waals surface area contributed by atoms with Gasteiger partial charge < -0.3 is 14.4 Å². The standard InChI is InChI=1S/C15H15IN2O4/c1-18(2)15(20)11(8-17)6-10-4-5-13(12(16)7-10)22-9-14(19)21-3/h4-7H,9H2,1-3H3/b11-6-. The number of likely N-dealkylation sites (N-methyl/N-ethyl adjacent to an activating group) is 1. The lowest BCUT2D eigenvalue weighted by Gasteiger charge is -2.10. The first-order valence-corrected chi connectivity index (χ1v) is 7.29. The summed E-state index contributed by atoms with van der Waals surface area (Å²) in [6.45, 7) is -0.176. The number of ether oxygens (including phenoxy) is 2. The zero-order valence-electron chi connectivity index (χ0n) is 12.4. The van der Waals surface area contributed by atoms with Gasteiger partial charge in [0.25, 0.3) is 5.91 Å². The number of esters is 1. The Balaban J connectivity index is 2.95. The van der Waals surface area contributed by atoms with E-state index in [4.69, 9.17) is 10.00 Å². The van der Waals surface area contributed by atoms with Gasteiger partial charge in [-0.15, -0.1) is 0 Å². The molecule has 0 aliphatic heterocycles. The van der Waals surface area contributed by atoms with Crippen LogP contribution < -0.4 is 4.74 Å². The number of hydrogen-bond acceptors (Lipinski definition) is 5. The van der Waals surface area contributed by atoms with Gasteiger partial charge in [-0.25, -0.2) is 4.79 Å². The largest absolute Gasteiger partial charge is 0.481 e. The number of carbonyl (C=O) groups excluding carboxylic acids is 2. The van der Waals surface area contributed by atoms with Crippen molar-refractivity contribution in [3.8, 4) is 11.8 Å². The molecule has 0 fully saturated rings. The number of halogens is 1. The van der Waals surface area contributed by atoms with Gasteiger partial charge in [-0.05, 0) is 46.4 Å². The van der Waals surface area contributed by atoms with Gasteiger partial charge in [0.1, 0.15) is 17.4 Å². The molecule has 0 heterocycles. The topological polar surface area (TPSA) is 79.6 Å². The highest BCUT2D eigenvalue weighted by Gasteiger charge is 2.12. The van der Waals surface area contributed by atoms with Gasteiger partial charge in [0.15, 0.2) is 6.61 Å². The van der Waals surface area contributed by atoms with Crippen LogP contribution in [0.25, 0.3) is 6.08 Å². The Morgan fingerprint density at radius 3 is 2.59 bits per heavy atom. The molecular formula is C15H15IN2O4. The summed E-state index contributed by atoms with van der Waals surface area (Å²) < 4.78 is 10.6. The van der Waals surface area contributed by atoms with Crippen LogP contribution >= 0.6 is 22.6 Å². The van der Waals surface area contributed by atoms with Crippen LogP contribution in [0.1, 0.15) is 5.56 Å². The monoisotopic (exact) mass is 414 g/mol. The molecule has 0 aromatic heterocycles. The third-order valence-electron chi connectivity index (χ3n) is 2.60. The summed E-state index contributed by atoms with van der Waals surface area (Å²) in [6, 6.07) is 7.02. The Kier molecular flexibility index (Phi) is 6.85. The van der Waals surface area contributed by atoms with Gasteiger partial charge in [-0.1, -0.05) is 6.07 Å². The maximum Gasteiger partial charge on any atom is 0.343 e. The molecule has 22 heavy (non-hydrogen) atoms. The molecule has 0 atom stereocenters. The summed E-state index contributed by atoms with van der Waals surface area (Å²) in [5.41, 5.74) is 0.741. The van der Waals surface area contributed by atoms with E-state index in [1.807, 2.05) is 28.7 Å². The molecule has 0 spiro atoms. The fraction of sp³-hybridized carbons (Fsp3) is 0.267. The van der Waals surface area contributed by atoms with Crippen molar-refractivity contribution in [2.45, 2.75) is 0 Å². The fourth-order valence-electron chi connectivity index (χ4n) is 1.47. The van der Waals surface area contributed by atoms with E-state index < -0.39 is 5.97 Å². The van der Waals surface area contributed by atoms with Crippen molar-refractivity contribution in [1.82, 2.24) is 4.90 Å². The van der Waals surface area contributed by atoms with Crippen LogP contribution in [0, 0.1) is 14.9 Å². The molecular weight excluding hydrogens is 399 g/mol. The highest BCUT2D eigenvalue weighted by molar-refractivity contribution is 14.1. The average molecular weight is 414 g/mol. The fourth-order valence-corrected chi connectivity index (χ4v) is 2.16. The molecule has 1 rings (SSSR count). The number of rotatable bonds is 5. The highest BCUT2D eigenvalue weighted by Crippen LogP contribution is 2.23. The van der Waals surface area contributed by atoms with Gasteiger partial charge in [-0.2, -0.15) is 5.26 Å². The minimum Gasteiger partial charge on any atom is -0.481 e. The maximum atomic E-state index is 11.8. The molecule has 0 aliphatic rings. The van der Waals surface area contributed by atoms with Crippen LogP contribution in [0.15, 0.2) is 23.8 Å². The molecule has 7 heteroatoms. The van der Waals surface area contributed by atoms with E-state index in [0.717, 1.165) is 3.57 Å². The van der Waals surface area contributed by atoms with Crippen molar-refractivity contribution >= 4 is 40.5 Å². The first-order chi connectivity index (χ1) is 10.4. The minimum atomic E-state index is -0.469. The van der Waals surface area contributed by atoms with Gasteiger partial charge in [0.05, 0.1) is 10.7 Å². The number of nitrogens with zero attached hydrogens (tertiary/aromatic N) is 2. The Bertz CT molecular complexity index is 647. The highest BCUT2D eigenvalue weighted by atomic mass is 127. The molecule has 116 valence electrons. The first kappa shape index (κ1) is 18.0. The third-order valence-corrected chi connectivity index (χ3v) is 3.44. The van der Waals surface area contributed by atoms with Crippen LogP contribution in [-0.4, -0.2) is 44.6 Å². The van der Waals surface area contributed by atoms with Crippen molar-refractivity contribution in [2.24, 2.45) is 0 Å². The molecule has 0 radical (unpaired) electrons. The van der Waals surface area contributed by atoms with Crippen molar-refractivity contribution in [3.63, 3.8) is 0 Å². The second-order valence-electron chi connectivity index (χ2n) is 4.42. The summed E-state index contributed by atoms with van der Waals surface area (Å²) in [5.74, 6) is -0.299. The van der Waals surface area contributed by atoms with E-state index in [1.165, 1.54) is 18.1 Å². The summed E-state index contributed by atoms with van der Waals surface area (Å²) in [4.78, 5) is 24.2. The molecule has 0 N–H and O–H groups in total. The minimum absolute atomic E-state index is 0.0454. The Hall–Kier alpha value is -2.08. The lowest BCUT2D eigenvalue weighted by Crippen LogP contribution is -2.22. The Morgan fingerprint density at radius 2 is 2.09 bits per heavy atom. The van der Waals surface area contributed by atoms with E-state index in [0.29, 0.717) is 11.3 Å². The molecule has 0 bridgehead atoms. The Labute approximate surface area is 142 Å². The van der Waals surface area contributed by atoms with Crippen molar-refractivity contribution in [3.05, 3.63) is 32.9 Å². The maximum absolute atomic E-state index is 11.8. The van der Waals surface area contributed by atoms with E-state index in [9.17, 15) is 9.59 Å². The van der Waals surface area contributed by atoms with Crippen molar-refractivity contribution in [2.75, 3.05) is 27.8 Å². The number of nitriles is 1. The van der Waals surface area contributed by atoms with Crippen LogP contribution in [0.3, 0.4) is 0 Å². The summed E-state index contributed by atoms with van der Waals surface area (Å²) in [5, 5.41) is 9.06. The van der Waals surface area contributed by atoms with E-state index >= 15 is 0 Å². The zero-order chi connectivity index (χ0) is 16.7. The van der Waals surface area contributed by atoms with Gasteiger partial charge in [-0.3, -0.25) is 4.79 Å². The van der Waals surface area contributed by atoms with Gasteiger partial charge >= 0.3 is 5.97 Å². The molecule has 0 unspecified atom stereocenters.